The van der Waals surface area contributed by atoms with Gasteiger partial charge in [-0.15, -0.1) is 0 Å². The summed E-state index contributed by atoms with van der Waals surface area (Å²) in [6, 6.07) is 25.4. The summed E-state index contributed by atoms with van der Waals surface area (Å²) < 4.78 is 6.07. The minimum Gasteiger partial charge on any atom is -0.457 e. The average molecular weight is 354 g/mol. The standard InChI is InChI=1S/C23H18N2O2/c1-15-21(23(26)25(24-15)16-9-3-2-4-10-16)22-17-11-5-7-13-19(17)27-20-14-8-6-12-18(20)22/h2-14,21-22,24H,1H2. The van der Waals surface area contributed by atoms with Crippen molar-refractivity contribution in [1.82, 2.24) is 5.43 Å². The van der Waals surface area contributed by atoms with Crippen molar-refractivity contribution in [3.8, 4) is 11.5 Å². The highest BCUT2D eigenvalue weighted by atomic mass is 16.5. The summed E-state index contributed by atoms with van der Waals surface area (Å²) in [6.07, 6.45) is 0. The van der Waals surface area contributed by atoms with Crippen LogP contribution in [0.4, 0.5) is 5.69 Å². The van der Waals surface area contributed by atoms with Crippen molar-refractivity contribution in [2.45, 2.75) is 5.92 Å². The first kappa shape index (κ1) is 15.7. The molecule has 1 amide bonds. The van der Waals surface area contributed by atoms with Gasteiger partial charge in [0.05, 0.1) is 11.6 Å². The van der Waals surface area contributed by atoms with Crippen LogP contribution in [0.15, 0.2) is 91.1 Å². The molecule has 0 radical (unpaired) electrons. The molecule has 1 saturated heterocycles. The molecule has 1 atom stereocenters. The highest BCUT2D eigenvalue weighted by Crippen LogP contribution is 2.50. The highest BCUT2D eigenvalue weighted by molar-refractivity contribution is 6.00. The number of ether oxygens (including phenoxy) is 1. The molecule has 0 aliphatic carbocycles. The van der Waals surface area contributed by atoms with Gasteiger partial charge in [-0.2, -0.15) is 0 Å². The fourth-order valence-corrected chi connectivity index (χ4v) is 3.97. The van der Waals surface area contributed by atoms with Gasteiger partial charge in [-0.3, -0.25) is 10.2 Å². The number of carbonyl (C=O) groups excluding carboxylic acids is 1. The van der Waals surface area contributed by atoms with Gasteiger partial charge in [-0.1, -0.05) is 61.2 Å². The molecular formula is C23H18N2O2. The number of para-hydroxylation sites is 3. The molecule has 0 spiro atoms. The Balaban J connectivity index is 1.62. The summed E-state index contributed by atoms with van der Waals surface area (Å²) in [7, 11) is 0. The highest BCUT2D eigenvalue weighted by Gasteiger charge is 2.45. The smallest absolute Gasteiger partial charge is 0.255 e. The number of amides is 1. The lowest BCUT2D eigenvalue weighted by Gasteiger charge is -2.31. The fraction of sp³-hybridized carbons (Fsp3) is 0.0870. The summed E-state index contributed by atoms with van der Waals surface area (Å²) in [4.78, 5) is 13.4. The van der Waals surface area contributed by atoms with E-state index in [4.69, 9.17) is 4.74 Å². The first-order valence-corrected chi connectivity index (χ1v) is 8.94. The molecule has 1 fully saturated rings. The number of nitrogens with one attached hydrogen (secondary N) is 1. The summed E-state index contributed by atoms with van der Waals surface area (Å²) in [5.41, 5.74) is 6.69. The Morgan fingerprint density at radius 3 is 1.96 bits per heavy atom. The normalized spacial score (nSPS) is 18.5. The lowest BCUT2D eigenvalue weighted by molar-refractivity contribution is -0.120. The molecule has 2 aliphatic rings. The third-order valence-corrected chi connectivity index (χ3v) is 5.19. The van der Waals surface area contributed by atoms with Gasteiger partial charge in [0, 0.05) is 22.7 Å². The monoisotopic (exact) mass is 354 g/mol. The molecular weight excluding hydrogens is 336 g/mol. The van der Waals surface area contributed by atoms with Gasteiger partial charge >= 0.3 is 0 Å². The van der Waals surface area contributed by atoms with Gasteiger partial charge in [0.15, 0.2) is 0 Å². The van der Waals surface area contributed by atoms with E-state index in [1.165, 1.54) is 0 Å². The van der Waals surface area contributed by atoms with Crippen LogP contribution >= 0.6 is 0 Å². The van der Waals surface area contributed by atoms with E-state index in [-0.39, 0.29) is 11.8 Å². The number of hydrogen-bond acceptors (Lipinski definition) is 3. The molecule has 1 unspecified atom stereocenters. The Kier molecular flexibility index (Phi) is 3.50. The molecule has 27 heavy (non-hydrogen) atoms. The molecule has 1 N–H and O–H groups in total. The summed E-state index contributed by atoms with van der Waals surface area (Å²) >= 11 is 0. The zero-order valence-electron chi connectivity index (χ0n) is 14.6. The maximum absolute atomic E-state index is 13.4. The van der Waals surface area contributed by atoms with E-state index >= 15 is 0 Å². The molecule has 5 rings (SSSR count). The minimum absolute atomic E-state index is 0.0114. The predicted molar refractivity (Wildman–Crippen MR) is 104 cm³/mol. The molecule has 0 aromatic heterocycles. The van der Waals surface area contributed by atoms with E-state index in [0.29, 0.717) is 5.70 Å². The Hall–Kier alpha value is -3.53. The number of nitrogens with zero attached hydrogens (tertiary/aromatic N) is 1. The number of carbonyl (C=O) groups is 1. The number of hydrogen-bond donors (Lipinski definition) is 1. The lowest BCUT2D eigenvalue weighted by Crippen LogP contribution is -2.35. The molecule has 0 saturated carbocycles. The third kappa shape index (κ3) is 2.41. The van der Waals surface area contributed by atoms with Crippen LogP contribution in [0.2, 0.25) is 0 Å². The average Bonchev–Trinajstić information content (AvgIpc) is 3.01. The first-order valence-electron chi connectivity index (χ1n) is 8.94. The molecule has 3 aromatic rings. The second-order valence-corrected chi connectivity index (χ2v) is 6.78. The fourth-order valence-electron chi connectivity index (χ4n) is 3.97. The first-order chi connectivity index (χ1) is 13.2. The van der Waals surface area contributed by atoms with Crippen molar-refractivity contribution in [1.29, 1.82) is 0 Å². The maximum Gasteiger partial charge on any atom is 0.255 e. The van der Waals surface area contributed by atoms with Crippen molar-refractivity contribution >= 4 is 11.6 Å². The van der Waals surface area contributed by atoms with Gasteiger partial charge in [0.25, 0.3) is 5.91 Å². The quantitative estimate of drug-likeness (QED) is 0.731. The SMILES string of the molecule is C=C1NN(c2ccccc2)C(=O)C1C1c2ccccc2Oc2ccccc21. The van der Waals surface area contributed by atoms with Crippen LogP contribution in [0, 0.1) is 5.92 Å². The van der Waals surface area contributed by atoms with E-state index in [2.05, 4.69) is 12.0 Å². The van der Waals surface area contributed by atoms with Crippen LogP contribution in [-0.4, -0.2) is 5.91 Å². The molecule has 2 aliphatic heterocycles. The molecule has 2 heterocycles. The zero-order chi connectivity index (χ0) is 18.4. The van der Waals surface area contributed by atoms with Crippen LogP contribution in [-0.2, 0) is 4.79 Å². The number of hydrazine groups is 1. The van der Waals surface area contributed by atoms with Crippen LogP contribution in [0.1, 0.15) is 17.0 Å². The van der Waals surface area contributed by atoms with Crippen LogP contribution < -0.4 is 15.2 Å². The molecule has 4 heteroatoms. The van der Waals surface area contributed by atoms with Gasteiger partial charge in [0.2, 0.25) is 0 Å². The molecule has 3 aromatic carbocycles. The van der Waals surface area contributed by atoms with E-state index in [9.17, 15) is 4.79 Å². The molecule has 132 valence electrons. The summed E-state index contributed by atoms with van der Waals surface area (Å²) in [6.45, 7) is 4.17. The van der Waals surface area contributed by atoms with E-state index in [1.54, 1.807) is 5.01 Å². The van der Waals surface area contributed by atoms with Crippen molar-refractivity contribution < 1.29 is 9.53 Å². The third-order valence-electron chi connectivity index (χ3n) is 5.19. The summed E-state index contributed by atoms with van der Waals surface area (Å²) in [5.74, 6) is 1.02. The van der Waals surface area contributed by atoms with Crippen LogP contribution in [0.5, 0.6) is 11.5 Å². The maximum atomic E-state index is 13.4. The summed E-state index contributed by atoms with van der Waals surface area (Å²) in [5, 5.41) is 1.59. The lowest BCUT2D eigenvalue weighted by atomic mass is 9.77. The zero-order valence-corrected chi connectivity index (χ0v) is 14.6. The Labute approximate surface area is 157 Å². The number of anilines is 1. The second-order valence-electron chi connectivity index (χ2n) is 6.78. The Bertz CT molecular complexity index is 1000. The Morgan fingerprint density at radius 2 is 1.33 bits per heavy atom. The van der Waals surface area contributed by atoms with Gasteiger partial charge < -0.3 is 4.74 Å². The number of rotatable bonds is 2. The van der Waals surface area contributed by atoms with E-state index < -0.39 is 5.92 Å². The van der Waals surface area contributed by atoms with Crippen molar-refractivity contribution in [2.24, 2.45) is 5.92 Å². The van der Waals surface area contributed by atoms with Gasteiger partial charge in [-0.05, 0) is 24.3 Å². The van der Waals surface area contributed by atoms with E-state index in [0.717, 1.165) is 28.3 Å². The molecule has 4 nitrogen and oxygen atoms in total. The largest absolute Gasteiger partial charge is 0.457 e. The topological polar surface area (TPSA) is 41.6 Å². The predicted octanol–water partition coefficient (Wildman–Crippen LogP) is 4.61. The molecule has 0 bridgehead atoms. The van der Waals surface area contributed by atoms with Crippen LogP contribution in [0.25, 0.3) is 0 Å². The number of fused-ring (bicyclic) bond motifs is 2. The van der Waals surface area contributed by atoms with Crippen molar-refractivity contribution in [2.75, 3.05) is 5.01 Å². The number of benzene rings is 3. The van der Waals surface area contributed by atoms with E-state index in [1.807, 2.05) is 78.9 Å². The Morgan fingerprint density at radius 1 is 0.778 bits per heavy atom. The van der Waals surface area contributed by atoms with Crippen molar-refractivity contribution in [3.63, 3.8) is 0 Å². The van der Waals surface area contributed by atoms with Crippen molar-refractivity contribution in [3.05, 3.63) is 102 Å². The van der Waals surface area contributed by atoms with Crippen LogP contribution in [0.3, 0.4) is 0 Å². The van der Waals surface area contributed by atoms with Gasteiger partial charge in [-0.25, -0.2) is 5.01 Å². The second kappa shape index (κ2) is 6.02. The van der Waals surface area contributed by atoms with Gasteiger partial charge in [0.1, 0.15) is 11.5 Å². The minimum atomic E-state index is -0.406.